The number of thioether (sulfide) groups is 1. The van der Waals surface area contributed by atoms with Crippen molar-refractivity contribution in [2.24, 2.45) is 0 Å². The van der Waals surface area contributed by atoms with Crippen LogP contribution in [0.5, 0.6) is 0 Å². The van der Waals surface area contributed by atoms with E-state index in [4.69, 9.17) is 4.42 Å². The fraction of sp³-hybridized carbons (Fsp3) is 0.235. The predicted octanol–water partition coefficient (Wildman–Crippen LogP) is 3.84. The molecule has 0 aliphatic rings. The van der Waals surface area contributed by atoms with Crippen molar-refractivity contribution < 1.29 is 17.8 Å². The van der Waals surface area contributed by atoms with Crippen LogP contribution in [0.15, 0.2) is 57.0 Å². The van der Waals surface area contributed by atoms with Crippen LogP contribution in [-0.4, -0.2) is 36.7 Å². The molecule has 8 nitrogen and oxygen atoms in total. The molecule has 3 aromatic rings. The number of nitrogens with zero attached hydrogens (tertiary/aromatic N) is 3. The number of hydrogen-bond donors (Lipinski definition) is 0. The second kappa shape index (κ2) is 7.29. The molecule has 0 aliphatic heterocycles. The molecule has 0 saturated carbocycles. The average Bonchev–Trinajstić information content (AvgIpc) is 3.02. The summed E-state index contributed by atoms with van der Waals surface area (Å²) < 4.78 is 31.3. The van der Waals surface area contributed by atoms with Gasteiger partial charge < -0.3 is 4.42 Å². The molecule has 0 radical (unpaired) electrons. The SMILES string of the molecule is CC(Sc1nc2cc(S(=O)(=O)N(C)C)ccc2o1)c1cccc([N+](=O)[O-])c1. The van der Waals surface area contributed by atoms with E-state index in [-0.39, 0.29) is 15.8 Å². The van der Waals surface area contributed by atoms with E-state index >= 15 is 0 Å². The Morgan fingerprint density at radius 2 is 1.96 bits per heavy atom. The van der Waals surface area contributed by atoms with Crippen LogP contribution in [0.3, 0.4) is 0 Å². The van der Waals surface area contributed by atoms with Crippen LogP contribution in [0.4, 0.5) is 5.69 Å². The van der Waals surface area contributed by atoms with E-state index in [9.17, 15) is 18.5 Å². The number of benzene rings is 2. The largest absolute Gasteiger partial charge is 0.431 e. The Balaban J connectivity index is 1.87. The highest BCUT2D eigenvalue weighted by Gasteiger charge is 2.20. The van der Waals surface area contributed by atoms with Crippen molar-refractivity contribution in [2.45, 2.75) is 22.3 Å². The maximum absolute atomic E-state index is 12.2. The van der Waals surface area contributed by atoms with Gasteiger partial charge in [-0.15, -0.1) is 0 Å². The van der Waals surface area contributed by atoms with Gasteiger partial charge in [-0.3, -0.25) is 10.1 Å². The van der Waals surface area contributed by atoms with Gasteiger partial charge in [-0.2, -0.15) is 0 Å². The van der Waals surface area contributed by atoms with Gasteiger partial charge in [0.25, 0.3) is 10.9 Å². The molecule has 0 fully saturated rings. The molecule has 142 valence electrons. The van der Waals surface area contributed by atoms with Crippen LogP contribution in [0.25, 0.3) is 11.1 Å². The predicted molar refractivity (Wildman–Crippen MR) is 102 cm³/mol. The third-order valence-corrected chi connectivity index (χ3v) is 6.76. The molecule has 1 heterocycles. The number of fused-ring (bicyclic) bond motifs is 1. The topological polar surface area (TPSA) is 107 Å². The number of rotatable bonds is 6. The zero-order valence-corrected chi connectivity index (χ0v) is 16.5. The first kappa shape index (κ1) is 19.3. The van der Waals surface area contributed by atoms with Crippen LogP contribution < -0.4 is 0 Å². The van der Waals surface area contributed by atoms with Crippen molar-refractivity contribution in [3.8, 4) is 0 Å². The minimum absolute atomic E-state index is 0.0241. The molecule has 1 unspecified atom stereocenters. The Hall–Kier alpha value is -2.43. The lowest BCUT2D eigenvalue weighted by Gasteiger charge is -2.10. The lowest BCUT2D eigenvalue weighted by molar-refractivity contribution is -0.384. The molecule has 0 aliphatic carbocycles. The normalized spacial score (nSPS) is 13.2. The summed E-state index contributed by atoms with van der Waals surface area (Å²) in [6, 6.07) is 10.9. The molecule has 27 heavy (non-hydrogen) atoms. The molecule has 10 heteroatoms. The molecule has 0 saturated heterocycles. The van der Waals surface area contributed by atoms with Crippen molar-refractivity contribution in [3.05, 3.63) is 58.1 Å². The lowest BCUT2D eigenvalue weighted by Crippen LogP contribution is -2.22. The number of non-ortho nitro benzene ring substituents is 1. The molecule has 0 spiro atoms. The van der Waals surface area contributed by atoms with Gasteiger partial charge in [0.2, 0.25) is 10.0 Å². The van der Waals surface area contributed by atoms with E-state index < -0.39 is 14.9 Å². The molecule has 0 bridgehead atoms. The number of nitro benzene ring substituents is 1. The molecule has 2 aromatic carbocycles. The third-order valence-electron chi connectivity index (χ3n) is 3.95. The molecule has 1 aromatic heterocycles. The minimum atomic E-state index is -3.56. The first-order chi connectivity index (χ1) is 12.7. The molecule has 0 N–H and O–H groups in total. The highest BCUT2D eigenvalue weighted by Crippen LogP contribution is 2.37. The van der Waals surface area contributed by atoms with Gasteiger partial charge >= 0.3 is 0 Å². The van der Waals surface area contributed by atoms with Gasteiger partial charge in [-0.1, -0.05) is 23.9 Å². The first-order valence-electron chi connectivity index (χ1n) is 7.92. The average molecular weight is 407 g/mol. The van der Waals surface area contributed by atoms with Crippen LogP contribution in [-0.2, 0) is 10.0 Å². The number of sulfonamides is 1. The number of oxazole rings is 1. The first-order valence-corrected chi connectivity index (χ1v) is 10.2. The van der Waals surface area contributed by atoms with Crippen molar-refractivity contribution in [2.75, 3.05) is 14.1 Å². The number of aromatic nitrogens is 1. The Kier molecular flexibility index (Phi) is 5.22. The Bertz CT molecular complexity index is 1110. The number of hydrogen-bond acceptors (Lipinski definition) is 7. The monoisotopic (exact) mass is 407 g/mol. The van der Waals surface area contributed by atoms with Crippen molar-refractivity contribution in [1.29, 1.82) is 0 Å². The van der Waals surface area contributed by atoms with Crippen molar-refractivity contribution in [1.82, 2.24) is 9.29 Å². The third kappa shape index (κ3) is 3.97. The maximum atomic E-state index is 12.2. The van der Waals surface area contributed by atoms with E-state index in [0.717, 1.165) is 9.87 Å². The Morgan fingerprint density at radius 3 is 2.63 bits per heavy atom. The second-order valence-electron chi connectivity index (χ2n) is 6.01. The van der Waals surface area contributed by atoms with Crippen molar-refractivity contribution in [3.63, 3.8) is 0 Å². The van der Waals surface area contributed by atoms with E-state index in [1.54, 1.807) is 18.2 Å². The quantitative estimate of drug-likeness (QED) is 0.347. The van der Waals surface area contributed by atoms with Crippen LogP contribution in [0.1, 0.15) is 17.7 Å². The molecule has 3 rings (SSSR count). The summed E-state index contributed by atoms with van der Waals surface area (Å²) in [5.41, 5.74) is 1.71. The Labute approximate surface area is 160 Å². The van der Waals surface area contributed by atoms with E-state index in [2.05, 4.69) is 4.98 Å². The fourth-order valence-electron chi connectivity index (χ4n) is 2.42. The van der Waals surface area contributed by atoms with Crippen LogP contribution in [0, 0.1) is 10.1 Å². The summed E-state index contributed by atoms with van der Waals surface area (Å²) in [4.78, 5) is 15.0. The summed E-state index contributed by atoms with van der Waals surface area (Å²) in [5, 5.41) is 11.2. The molecular weight excluding hydrogens is 390 g/mol. The van der Waals surface area contributed by atoms with Crippen molar-refractivity contribution >= 4 is 38.6 Å². The van der Waals surface area contributed by atoms with Crippen LogP contribution >= 0.6 is 11.8 Å². The van der Waals surface area contributed by atoms with Gasteiger partial charge in [-0.05, 0) is 30.7 Å². The highest BCUT2D eigenvalue weighted by molar-refractivity contribution is 7.99. The molecule has 1 atom stereocenters. The molecule has 0 amide bonds. The lowest BCUT2D eigenvalue weighted by atomic mass is 10.1. The summed E-state index contributed by atoms with van der Waals surface area (Å²) in [6.45, 7) is 1.89. The standard InChI is InChI=1S/C17H17N3O5S2/c1-11(12-5-4-6-13(9-12)20(21)22)26-17-18-15-10-14(7-8-16(15)25-17)27(23,24)19(2)3/h4-11H,1-3H3. The summed E-state index contributed by atoms with van der Waals surface area (Å²) >= 11 is 1.30. The molecular formula is C17H17N3O5S2. The maximum Gasteiger partial charge on any atom is 0.269 e. The summed E-state index contributed by atoms with van der Waals surface area (Å²) in [5.74, 6) is 0. The van der Waals surface area contributed by atoms with E-state index in [0.29, 0.717) is 16.3 Å². The van der Waals surface area contributed by atoms with Gasteiger partial charge in [0.05, 0.1) is 9.82 Å². The van der Waals surface area contributed by atoms with Crippen LogP contribution in [0.2, 0.25) is 0 Å². The van der Waals surface area contributed by atoms with Gasteiger partial charge in [0.15, 0.2) is 5.58 Å². The fourth-order valence-corrected chi connectivity index (χ4v) is 4.21. The van der Waals surface area contributed by atoms with E-state index in [1.165, 1.54) is 50.1 Å². The van der Waals surface area contributed by atoms with Gasteiger partial charge in [0.1, 0.15) is 5.52 Å². The Morgan fingerprint density at radius 1 is 1.22 bits per heavy atom. The highest BCUT2D eigenvalue weighted by atomic mass is 32.2. The minimum Gasteiger partial charge on any atom is -0.431 e. The van der Waals surface area contributed by atoms with Gasteiger partial charge in [0, 0.05) is 31.5 Å². The van der Waals surface area contributed by atoms with E-state index in [1.807, 2.05) is 6.92 Å². The summed E-state index contributed by atoms with van der Waals surface area (Å²) in [6.07, 6.45) is 0. The summed E-state index contributed by atoms with van der Waals surface area (Å²) in [7, 11) is -0.632. The zero-order valence-electron chi connectivity index (χ0n) is 14.8. The smallest absolute Gasteiger partial charge is 0.269 e. The second-order valence-corrected chi connectivity index (χ2v) is 9.45. The van der Waals surface area contributed by atoms with Gasteiger partial charge in [-0.25, -0.2) is 17.7 Å². The zero-order chi connectivity index (χ0) is 19.8. The number of nitro groups is 1.